The van der Waals surface area contributed by atoms with Gasteiger partial charge in [-0.25, -0.2) is 0 Å². The van der Waals surface area contributed by atoms with E-state index in [0.717, 1.165) is 24.3 Å². The van der Waals surface area contributed by atoms with E-state index in [9.17, 15) is 28.1 Å². The largest absolute Gasteiger partial charge is 0.456 e. The van der Waals surface area contributed by atoms with Crippen LogP contribution >= 0.6 is 0 Å². The van der Waals surface area contributed by atoms with E-state index in [0.29, 0.717) is 0 Å². The molecule has 0 spiro atoms. The third-order valence-corrected chi connectivity index (χ3v) is 3.40. The van der Waals surface area contributed by atoms with Gasteiger partial charge in [0.15, 0.2) is 0 Å². The van der Waals surface area contributed by atoms with Gasteiger partial charge in [-0.1, -0.05) is 12.1 Å². The zero-order valence-corrected chi connectivity index (χ0v) is 12.3. The molecule has 0 amide bonds. The summed E-state index contributed by atoms with van der Waals surface area (Å²) in [5, 5.41) is 11.3. The number of H-pyrrole nitrogens is 1. The molecule has 0 fully saturated rings. The second kappa shape index (κ2) is 5.93. The van der Waals surface area contributed by atoms with Crippen molar-refractivity contribution in [1.29, 1.82) is 0 Å². The molecule has 0 saturated heterocycles. The van der Waals surface area contributed by atoms with Crippen LogP contribution in [0.15, 0.2) is 53.3 Å². The number of alkyl halides is 3. The topological polar surface area (TPSA) is 85.2 Å². The van der Waals surface area contributed by atoms with E-state index in [1.807, 2.05) is 0 Å². The van der Waals surface area contributed by atoms with Crippen molar-refractivity contribution in [1.82, 2.24) is 4.98 Å². The maximum Gasteiger partial charge on any atom is 0.416 e. The van der Waals surface area contributed by atoms with Crippen molar-refractivity contribution in [3.05, 3.63) is 74.6 Å². The summed E-state index contributed by atoms with van der Waals surface area (Å²) in [5.74, 6) is -0.227. The first-order valence-electron chi connectivity index (χ1n) is 6.91. The number of para-hydroxylation sites is 1. The molecular weight excluding hydrogens is 341 g/mol. The fraction of sp³-hybridized carbons (Fsp3) is 0.0625. The summed E-state index contributed by atoms with van der Waals surface area (Å²) in [7, 11) is 0. The summed E-state index contributed by atoms with van der Waals surface area (Å²) in [6.45, 7) is 0. The van der Waals surface area contributed by atoms with Crippen molar-refractivity contribution >= 4 is 16.6 Å². The lowest BCUT2D eigenvalue weighted by Gasteiger charge is -2.11. The van der Waals surface area contributed by atoms with Crippen LogP contribution in [0.5, 0.6) is 11.5 Å². The summed E-state index contributed by atoms with van der Waals surface area (Å²) in [6.07, 6.45) is -4.55. The van der Waals surface area contributed by atoms with Crippen LogP contribution in [0.2, 0.25) is 0 Å². The first-order valence-corrected chi connectivity index (χ1v) is 6.91. The number of pyridine rings is 1. The quantitative estimate of drug-likeness (QED) is 0.565. The van der Waals surface area contributed by atoms with Gasteiger partial charge < -0.3 is 9.72 Å². The zero-order valence-electron chi connectivity index (χ0n) is 12.3. The second-order valence-electron chi connectivity index (χ2n) is 5.08. The fourth-order valence-electron chi connectivity index (χ4n) is 2.33. The number of nitro groups is 1. The minimum absolute atomic E-state index is 0.0676. The van der Waals surface area contributed by atoms with Crippen LogP contribution in [0.4, 0.5) is 18.9 Å². The van der Waals surface area contributed by atoms with Gasteiger partial charge in [0.1, 0.15) is 17.0 Å². The molecule has 1 N–H and O–H groups in total. The normalized spacial score (nSPS) is 11.5. The van der Waals surface area contributed by atoms with E-state index in [-0.39, 0.29) is 28.1 Å². The number of hydrogen-bond donors (Lipinski definition) is 1. The van der Waals surface area contributed by atoms with Crippen LogP contribution in [-0.2, 0) is 6.18 Å². The highest BCUT2D eigenvalue weighted by Gasteiger charge is 2.30. The van der Waals surface area contributed by atoms with Gasteiger partial charge >= 0.3 is 6.18 Å². The third-order valence-electron chi connectivity index (χ3n) is 3.40. The van der Waals surface area contributed by atoms with Crippen LogP contribution in [0, 0.1) is 10.1 Å². The predicted molar refractivity (Wildman–Crippen MR) is 82.7 cm³/mol. The van der Waals surface area contributed by atoms with Crippen LogP contribution in [-0.4, -0.2) is 9.91 Å². The number of aromatic nitrogens is 1. The van der Waals surface area contributed by atoms with Crippen molar-refractivity contribution in [3.63, 3.8) is 0 Å². The molecular formula is C16H9F3N2O4. The number of hydrogen-bond acceptors (Lipinski definition) is 4. The van der Waals surface area contributed by atoms with E-state index < -0.39 is 22.2 Å². The van der Waals surface area contributed by atoms with Crippen molar-refractivity contribution in [2.45, 2.75) is 6.18 Å². The minimum atomic E-state index is -4.55. The van der Waals surface area contributed by atoms with Crippen LogP contribution < -0.4 is 10.3 Å². The first-order chi connectivity index (χ1) is 11.8. The Kier molecular flexibility index (Phi) is 3.91. The Morgan fingerprint density at radius 2 is 1.80 bits per heavy atom. The van der Waals surface area contributed by atoms with Gasteiger partial charge in [-0.05, 0) is 24.3 Å². The highest BCUT2D eigenvalue weighted by molar-refractivity contribution is 5.91. The Hall–Kier alpha value is -3.36. The van der Waals surface area contributed by atoms with Gasteiger partial charge in [-0.2, -0.15) is 13.2 Å². The van der Waals surface area contributed by atoms with Crippen LogP contribution in [0.3, 0.4) is 0 Å². The molecule has 0 bridgehead atoms. The van der Waals surface area contributed by atoms with Gasteiger partial charge in [-0.3, -0.25) is 14.9 Å². The monoisotopic (exact) mass is 350 g/mol. The number of halogens is 3. The Labute approximate surface area is 137 Å². The van der Waals surface area contributed by atoms with Crippen LogP contribution in [0.25, 0.3) is 10.9 Å². The number of rotatable bonds is 3. The molecule has 0 unspecified atom stereocenters. The Balaban J connectivity index is 2.13. The molecule has 0 radical (unpaired) electrons. The molecule has 3 rings (SSSR count). The van der Waals surface area contributed by atoms with Gasteiger partial charge in [0.05, 0.1) is 10.5 Å². The van der Waals surface area contributed by atoms with Crippen molar-refractivity contribution in [3.8, 4) is 11.5 Å². The van der Waals surface area contributed by atoms with E-state index in [1.54, 1.807) is 0 Å². The third kappa shape index (κ3) is 3.30. The highest BCUT2D eigenvalue weighted by atomic mass is 19.4. The number of ether oxygens (including phenoxy) is 1. The SMILES string of the molecule is O=c1cc(Oc2cccc(C(F)(F)F)c2)c2cccc([N+](=O)[O-])c2[nH]1. The molecule has 0 aliphatic carbocycles. The molecule has 2 aromatic carbocycles. The second-order valence-corrected chi connectivity index (χ2v) is 5.08. The number of nitro benzene ring substituents is 1. The number of non-ortho nitro benzene ring substituents is 1. The molecule has 1 heterocycles. The Morgan fingerprint density at radius 1 is 1.08 bits per heavy atom. The molecule has 0 aliphatic heterocycles. The fourth-order valence-corrected chi connectivity index (χ4v) is 2.33. The number of aromatic amines is 1. The standard InChI is InChI=1S/C16H9F3N2O4/c17-16(18,19)9-3-1-4-10(7-9)25-13-8-14(22)20-15-11(13)5-2-6-12(15)21(23)24/h1-8H,(H,20,22). The van der Waals surface area contributed by atoms with Crippen LogP contribution in [0.1, 0.15) is 5.56 Å². The van der Waals surface area contributed by atoms with Crippen molar-refractivity contribution < 1.29 is 22.8 Å². The molecule has 3 aromatic rings. The van der Waals surface area contributed by atoms with Crippen molar-refractivity contribution in [2.24, 2.45) is 0 Å². The number of nitrogens with one attached hydrogen (secondary N) is 1. The van der Waals surface area contributed by atoms with Gasteiger partial charge in [0, 0.05) is 17.5 Å². The summed E-state index contributed by atoms with van der Waals surface area (Å²) < 4.78 is 43.7. The number of nitrogens with zero attached hydrogens (tertiary/aromatic N) is 1. The summed E-state index contributed by atoms with van der Waals surface area (Å²) in [5.41, 5.74) is -2.00. The highest BCUT2D eigenvalue weighted by Crippen LogP contribution is 2.35. The Morgan fingerprint density at radius 3 is 2.48 bits per heavy atom. The summed E-state index contributed by atoms with van der Waals surface area (Å²) in [4.78, 5) is 24.5. The average molecular weight is 350 g/mol. The van der Waals surface area contributed by atoms with Gasteiger partial charge in [-0.15, -0.1) is 0 Å². The minimum Gasteiger partial charge on any atom is -0.456 e. The molecule has 6 nitrogen and oxygen atoms in total. The van der Waals surface area contributed by atoms with E-state index >= 15 is 0 Å². The maximum absolute atomic E-state index is 12.8. The smallest absolute Gasteiger partial charge is 0.416 e. The van der Waals surface area contributed by atoms with Gasteiger partial charge in [0.2, 0.25) is 0 Å². The van der Waals surface area contributed by atoms with Gasteiger partial charge in [0.25, 0.3) is 11.2 Å². The summed E-state index contributed by atoms with van der Waals surface area (Å²) >= 11 is 0. The zero-order chi connectivity index (χ0) is 18.2. The molecule has 0 atom stereocenters. The van der Waals surface area contributed by atoms with E-state index in [2.05, 4.69) is 4.98 Å². The lowest BCUT2D eigenvalue weighted by molar-refractivity contribution is -0.383. The Bertz CT molecular complexity index is 1030. The first kappa shape index (κ1) is 16.5. The maximum atomic E-state index is 12.8. The molecule has 1 aromatic heterocycles. The molecule has 128 valence electrons. The predicted octanol–water partition coefficient (Wildman–Crippen LogP) is 4.25. The molecule has 9 heteroatoms. The molecule has 0 saturated carbocycles. The number of benzene rings is 2. The van der Waals surface area contributed by atoms with E-state index in [4.69, 9.17) is 4.74 Å². The molecule has 25 heavy (non-hydrogen) atoms. The summed E-state index contributed by atoms with van der Waals surface area (Å²) in [6, 6.07) is 9.19. The number of fused-ring (bicyclic) bond motifs is 1. The molecule has 0 aliphatic rings. The van der Waals surface area contributed by atoms with E-state index in [1.165, 1.54) is 24.3 Å². The average Bonchev–Trinajstić information content (AvgIpc) is 2.53. The lowest BCUT2D eigenvalue weighted by atomic mass is 10.1. The lowest BCUT2D eigenvalue weighted by Crippen LogP contribution is -2.07. The van der Waals surface area contributed by atoms with Crippen molar-refractivity contribution in [2.75, 3.05) is 0 Å².